The van der Waals surface area contributed by atoms with E-state index in [0.717, 1.165) is 5.69 Å². The number of nitro benzene ring substituents is 1. The normalized spacial score (nSPS) is 10.7. The Morgan fingerprint density at radius 1 is 1.31 bits per heavy atom. The average Bonchev–Trinajstić information content (AvgIpc) is 2.15. The first-order valence-corrected chi connectivity index (χ1v) is 5.08. The summed E-state index contributed by atoms with van der Waals surface area (Å²) in [6.45, 7) is 3.53. The summed E-state index contributed by atoms with van der Waals surface area (Å²) < 4.78 is 0. The molecule has 0 aliphatic carbocycles. The lowest BCUT2D eigenvalue weighted by molar-refractivity contribution is -0.385. The molecule has 1 aromatic carbocycles. The lowest BCUT2D eigenvalue weighted by Crippen LogP contribution is -1.93. The Morgan fingerprint density at radius 2 is 2.00 bits per heavy atom. The van der Waals surface area contributed by atoms with E-state index in [1.807, 2.05) is 6.92 Å². The van der Waals surface area contributed by atoms with Gasteiger partial charge in [-0.25, -0.2) is 0 Å². The Balaban J connectivity index is 2.84. The lowest BCUT2D eigenvalue weighted by atomic mass is 10.1. The summed E-state index contributed by atoms with van der Waals surface area (Å²) in [6.07, 6.45) is 0. The molecule has 0 aliphatic heterocycles. The van der Waals surface area contributed by atoms with Crippen molar-refractivity contribution < 1.29 is 4.92 Å². The van der Waals surface area contributed by atoms with E-state index in [0.29, 0.717) is 21.5 Å². The van der Waals surface area contributed by atoms with Gasteiger partial charge in [-0.05, 0) is 26.0 Å². The fraction of sp³-hybridized carbons (Fsp3) is 0.182. The Kier molecular flexibility index (Phi) is 2.52. The maximum atomic E-state index is 10.8. The van der Waals surface area contributed by atoms with Crippen LogP contribution in [0.5, 0.6) is 0 Å². The summed E-state index contributed by atoms with van der Waals surface area (Å²) in [4.78, 5) is 14.7. The molecule has 2 rings (SSSR count). The molecule has 0 N–H and O–H groups in total. The van der Waals surface area contributed by atoms with Gasteiger partial charge in [-0.1, -0.05) is 11.6 Å². The Bertz CT molecular complexity index is 596. The smallest absolute Gasteiger partial charge is 0.258 e. The van der Waals surface area contributed by atoms with E-state index in [1.54, 1.807) is 19.1 Å². The van der Waals surface area contributed by atoms with E-state index in [-0.39, 0.29) is 5.69 Å². The summed E-state index contributed by atoms with van der Waals surface area (Å²) in [6, 6.07) is 4.86. The van der Waals surface area contributed by atoms with Crippen LogP contribution in [-0.2, 0) is 0 Å². The zero-order chi connectivity index (χ0) is 11.9. The SMILES string of the molecule is Cc1cc(Cl)c2cc([N+](=O)[O-])c(C)cc2n1. The van der Waals surface area contributed by atoms with Crippen molar-refractivity contribution in [2.45, 2.75) is 13.8 Å². The minimum Gasteiger partial charge on any atom is -0.258 e. The number of aryl methyl sites for hydroxylation is 2. The maximum absolute atomic E-state index is 10.8. The molecule has 4 nitrogen and oxygen atoms in total. The van der Waals surface area contributed by atoms with Gasteiger partial charge >= 0.3 is 0 Å². The molecule has 0 amide bonds. The van der Waals surface area contributed by atoms with Crippen LogP contribution in [0.25, 0.3) is 10.9 Å². The molecule has 82 valence electrons. The van der Waals surface area contributed by atoms with Gasteiger partial charge in [0, 0.05) is 22.7 Å². The molecule has 16 heavy (non-hydrogen) atoms. The molecule has 1 heterocycles. The molecule has 0 saturated carbocycles. The van der Waals surface area contributed by atoms with Gasteiger partial charge in [0.1, 0.15) is 0 Å². The Labute approximate surface area is 97.0 Å². The molecule has 0 saturated heterocycles. The number of benzene rings is 1. The summed E-state index contributed by atoms with van der Waals surface area (Å²) in [5.41, 5.74) is 2.14. The molecule has 1 aromatic heterocycles. The van der Waals surface area contributed by atoms with Crippen LogP contribution in [0.3, 0.4) is 0 Å². The standard InChI is InChI=1S/C11H9ClN2O2/c1-6-3-10-8(5-11(6)14(15)16)9(12)4-7(2)13-10/h3-5H,1-2H3. The summed E-state index contributed by atoms with van der Waals surface area (Å²) in [7, 11) is 0. The molecule has 0 fully saturated rings. The third-order valence-corrected chi connectivity index (χ3v) is 2.71. The lowest BCUT2D eigenvalue weighted by Gasteiger charge is -2.04. The number of aromatic nitrogens is 1. The van der Waals surface area contributed by atoms with Gasteiger partial charge in [-0.2, -0.15) is 0 Å². The Hall–Kier alpha value is -1.68. The third-order valence-electron chi connectivity index (χ3n) is 2.40. The fourth-order valence-corrected chi connectivity index (χ4v) is 1.95. The predicted octanol–water partition coefficient (Wildman–Crippen LogP) is 3.41. The first kappa shape index (κ1) is 10.8. The third kappa shape index (κ3) is 1.72. The van der Waals surface area contributed by atoms with Crippen molar-refractivity contribution in [2.75, 3.05) is 0 Å². The van der Waals surface area contributed by atoms with Gasteiger partial charge in [0.2, 0.25) is 0 Å². The monoisotopic (exact) mass is 236 g/mol. The summed E-state index contributed by atoms with van der Waals surface area (Å²) in [5.74, 6) is 0. The van der Waals surface area contributed by atoms with E-state index in [4.69, 9.17) is 11.6 Å². The molecule has 0 radical (unpaired) electrons. The van der Waals surface area contributed by atoms with Gasteiger partial charge in [0.05, 0.1) is 15.5 Å². The highest BCUT2D eigenvalue weighted by Crippen LogP contribution is 2.29. The number of halogens is 1. The molecular weight excluding hydrogens is 228 g/mol. The highest BCUT2D eigenvalue weighted by atomic mass is 35.5. The van der Waals surface area contributed by atoms with Crippen LogP contribution in [0.1, 0.15) is 11.3 Å². The molecule has 0 bridgehead atoms. The van der Waals surface area contributed by atoms with E-state index in [1.165, 1.54) is 6.07 Å². The molecule has 0 unspecified atom stereocenters. The number of nitro groups is 1. The fourth-order valence-electron chi connectivity index (χ4n) is 1.65. The molecule has 0 atom stereocenters. The minimum absolute atomic E-state index is 0.0695. The largest absolute Gasteiger partial charge is 0.273 e. The highest BCUT2D eigenvalue weighted by Gasteiger charge is 2.13. The molecular formula is C11H9ClN2O2. The zero-order valence-corrected chi connectivity index (χ0v) is 9.58. The van der Waals surface area contributed by atoms with E-state index in [9.17, 15) is 10.1 Å². The zero-order valence-electron chi connectivity index (χ0n) is 8.82. The van der Waals surface area contributed by atoms with Crippen molar-refractivity contribution in [1.82, 2.24) is 4.98 Å². The van der Waals surface area contributed by atoms with Gasteiger partial charge < -0.3 is 0 Å². The van der Waals surface area contributed by atoms with Crippen molar-refractivity contribution in [3.8, 4) is 0 Å². The van der Waals surface area contributed by atoms with Crippen LogP contribution in [0, 0.1) is 24.0 Å². The molecule has 5 heteroatoms. The van der Waals surface area contributed by atoms with Crippen molar-refractivity contribution in [3.63, 3.8) is 0 Å². The van der Waals surface area contributed by atoms with E-state index < -0.39 is 4.92 Å². The van der Waals surface area contributed by atoms with Crippen LogP contribution in [0.15, 0.2) is 18.2 Å². The number of rotatable bonds is 1. The average molecular weight is 237 g/mol. The number of pyridine rings is 1. The number of nitrogens with zero attached hydrogens (tertiary/aromatic N) is 2. The maximum Gasteiger partial charge on any atom is 0.273 e. The van der Waals surface area contributed by atoms with Gasteiger partial charge in [-0.3, -0.25) is 15.1 Å². The number of hydrogen-bond donors (Lipinski definition) is 0. The van der Waals surface area contributed by atoms with Gasteiger partial charge in [0.25, 0.3) is 5.69 Å². The van der Waals surface area contributed by atoms with Crippen LogP contribution < -0.4 is 0 Å². The van der Waals surface area contributed by atoms with E-state index >= 15 is 0 Å². The second-order valence-electron chi connectivity index (χ2n) is 3.66. The topological polar surface area (TPSA) is 56.0 Å². The summed E-state index contributed by atoms with van der Waals surface area (Å²) >= 11 is 6.03. The van der Waals surface area contributed by atoms with Crippen LogP contribution >= 0.6 is 11.6 Å². The van der Waals surface area contributed by atoms with Crippen molar-refractivity contribution in [2.24, 2.45) is 0 Å². The molecule has 0 aliphatic rings. The second kappa shape index (κ2) is 3.72. The van der Waals surface area contributed by atoms with Crippen LogP contribution in [-0.4, -0.2) is 9.91 Å². The predicted molar refractivity (Wildman–Crippen MR) is 62.9 cm³/mol. The summed E-state index contributed by atoms with van der Waals surface area (Å²) in [5, 5.41) is 11.9. The highest BCUT2D eigenvalue weighted by molar-refractivity contribution is 6.35. The van der Waals surface area contributed by atoms with Crippen LogP contribution in [0.4, 0.5) is 5.69 Å². The van der Waals surface area contributed by atoms with Gasteiger partial charge in [0.15, 0.2) is 0 Å². The quantitative estimate of drug-likeness (QED) is 0.563. The van der Waals surface area contributed by atoms with Crippen LogP contribution in [0.2, 0.25) is 5.02 Å². The second-order valence-corrected chi connectivity index (χ2v) is 4.07. The first-order chi connectivity index (χ1) is 7.49. The minimum atomic E-state index is -0.412. The van der Waals surface area contributed by atoms with Crippen molar-refractivity contribution in [1.29, 1.82) is 0 Å². The number of fused-ring (bicyclic) bond motifs is 1. The molecule has 2 aromatic rings. The molecule has 0 spiro atoms. The Morgan fingerprint density at radius 3 is 2.62 bits per heavy atom. The van der Waals surface area contributed by atoms with Gasteiger partial charge in [-0.15, -0.1) is 0 Å². The number of hydrogen-bond acceptors (Lipinski definition) is 3. The van der Waals surface area contributed by atoms with E-state index in [2.05, 4.69) is 4.98 Å². The van der Waals surface area contributed by atoms with Crippen molar-refractivity contribution in [3.05, 3.63) is 44.6 Å². The van der Waals surface area contributed by atoms with Crippen molar-refractivity contribution >= 4 is 28.2 Å². The first-order valence-electron chi connectivity index (χ1n) is 4.71.